The zero-order valence-electron chi connectivity index (χ0n) is 9.43. The Labute approximate surface area is 98.6 Å². The number of hydrogen-bond donors (Lipinski definition) is 2. The molecule has 88 valence electrons. The number of ether oxygens (including phenoxy) is 2. The highest BCUT2D eigenvalue weighted by atomic mass is 16.7. The van der Waals surface area contributed by atoms with Gasteiger partial charge < -0.3 is 20.2 Å². The molecule has 1 aromatic heterocycles. The van der Waals surface area contributed by atoms with E-state index in [4.69, 9.17) is 15.2 Å². The number of rotatable bonds is 2. The molecule has 2 aromatic rings. The summed E-state index contributed by atoms with van der Waals surface area (Å²) in [6.45, 7) is 2.18. The molecule has 0 unspecified atom stereocenters. The smallest absolute Gasteiger partial charge is 0.231 e. The first-order chi connectivity index (χ1) is 8.24. The largest absolute Gasteiger partial charge is 0.454 e. The molecule has 0 saturated heterocycles. The summed E-state index contributed by atoms with van der Waals surface area (Å²) < 4.78 is 10.6. The van der Waals surface area contributed by atoms with Crippen LogP contribution in [0.2, 0.25) is 0 Å². The minimum Gasteiger partial charge on any atom is -0.454 e. The molecule has 17 heavy (non-hydrogen) atoms. The van der Waals surface area contributed by atoms with Crippen LogP contribution in [0.4, 0.5) is 0 Å². The average molecular weight is 231 g/mol. The van der Waals surface area contributed by atoms with Crippen molar-refractivity contribution >= 4 is 0 Å². The maximum Gasteiger partial charge on any atom is 0.231 e. The van der Waals surface area contributed by atoms with Gasteiger partial charge in [0.15, 0.2) is 11.5 Å². The number of nitrogens with zero attached hydrogens (tertiary/aromatic N) is 1. The van der Waals surface area contributed by atoms with Crippen molar-refractivity contribution in [3.8, 4) is 22.8 Å². The molecule has 3 N–H and O–H groups in total. The molecule has 0 spiro atoms. The van der Waals surface area contributed by atoms with E-state index in [1.807, 2.05) is 25.1 Å². The second-order valence-electron chi connectivity index (χ2n) is 4.04. The fraction of sp³-hybridized carbons (Fsp3) is 0.250. The zero-order chi connectivity index (χ0) is 11.8. The Kier molecular flexibility index (Phi) is 2.26. The van der Waals surface area contributed by atoms with Gasteiger partial charge in [0.25, 0.3) is 0 Å². The summed E-state index contributed by atoms with van der Waals surface area (Å²) in [4.78, 5) is 7.42. The van der Waals surface area contributed by atoms with Crippen molar-refractivity contribution in [3.63, 3.8) is 0 Å². The lowest BCUT2D eigenvalue weighted by Gasteiger charge is -2.01. The average Bonchev–Trinajstić information content (AvgIpc) is 2.97. The molecule has 5 heteroatoms. The second-order valence-corrected chi connectivity index (χ2v) is 4.04. The third kappa shape index (κ3) is 1.74. The monoisotopic (exact) mass is 231 g/mol. The van der Waals surface area contributed by atoms with E-state index in [2.05, 4.69) is 9.97 Å². The van der Waals surface area contributed by atoms with Crippen molar-refractivity contribution in [2.45, 2.75) is 13.0 Å². The highest BCUT2D eigenvalue weighted by Gasteiger charge is 2.15. The third-order valence-electron chi connectivity index (χ3n) is 2.71. The number of aromatic amines is 1. The van der Waals surface area contributed by atoms with Gasteiger partial charge in [0.2, 0.25) is 6.79 Å². The highest BCUT2D eigenvalue weighted by molar-refractivity contribution is 5.64. The van der Waals surface area contributed by atoms with Crippen LogP contribution in [-0.4, -0.2) is 16.8 Å². The molecule has 0 aliphatic carbocycles. The molecule has 1 aliphatic rings. The molecule has 1 aliphatic heterocycles. The van der Waals surface area contributed by atoms with Crippen LogP contribution in [0.25, 0.3) is 11.3 Å². The molecule has 0 amide bonds. The van der Waals surface area contributed by atoms with E-state index < -0.39 is 0 Å². The summed E-state index contributed by atoms with van der Waals surface area (Å²) in [6.07, 6.45) is 1.77. The van der Waals surface area contributed by atoms with Crippen molar-refractivity contribution in [2.24, 2.45) is 5.73 Å². The van der Waals surface area contributed by atoms with Crippen LogP contribution in [0.3, 0.4) is 0 Å². The topological polar surface area (TPSA) is 73.2 Å². The summed E-state index contributed by atoms with van der Waals surface area (Å²) in [5, 5.41) is 0. The second kappa shape index (κ2) is 3.78. The third-order valence-corrected chi connectivity index (χ3v) is 2.71. The van der Waals surface area contributed by atoms with Gasteiger partial charge in [-0.2, -0.15) is 0 Å². The predicted octanol–water partition coefficient (Wildman–Crippen LogP) is 1.83. The Morgan fingerprint density at radius 2 is 2.18 bits per heavy atom. The molecular weight excluding hydrogens is 218 g/mol. The number of benzene rings is 1. The van der Waals surface area contributed by atoms with Crippen molar-refractivity contribution in [1.29, 1.82) is 0 Å². The van der Waals surface area contributed by atoms with Crippen LogP contribution >= 0.6 is 0 Å². The standard InChI is InChI=1S/C12H13N3O2/c1-7(13)12-14-5-9(15-12)8-2-3-10-11(4-8)17-6-16-10/h2-5,7H,6,13H2,1H3,(H,14,15)/t7-/m0/s1. The minimum atomic E-state index is -0.0993. The van der Waals surface area contributed by atoms with Gasteiger partial charge in [-0.05, 0) is 25.1 Å². The van der Waals surface area contributed by atoms with Crippen molar-refractivity contribution in [3.05, 3.63) is 30.2 Å². The van der Waals surface area contributed by atoms with Gasteiger partial charge in [-0.15, -0.1) is 0 Å². The molecule has 1 aromatic carbocycles. The molecule has 5 nitrogen and oxygen atoms in total. The van der Waals surface area contributed by atoms with Gasteiger partial charge in [0.05, 0.1) is 17.9 Å². The number of H-pyrrole nitrogens is 1. The van der Waals surface area contributed by atoms with Gasteiger partial charge in [-0.1, -0.05) is 0 Å². The summed E-state index contributed by atoms with van der Waals surface area (Å²) in [5.74, 6) is 2.32. The van der Waals surface area contributed by atoms with Crippen molar-refractivity contribution < 1.29 is 9.47 Å². The normalized spacial score (nSPS) is 14.9. The van der Waals surface area contributed by atoms with E-state index in [0.29, 0.717) is 0 Å². The van der Waals surface area contributed by atoms with Crippen molar-refractivity contribution in [2.75, 3.05) is 6.79 Å². The van der Waals surface area contributed by atoms with Crippen LogP contribution in [0.5, 0.6) is 11.5 Å². The lowest BCUT2D eigenvalue weighted by atomic mass is 10.1. The lowest BCUT2D eigenvalue weighted by Crippen LogP contribution is -2.06. The summed E-state index contributed by atoms with van der Waals surface area (Å²) in [7, 11) is 0. The lowest BCUT2D eigenvalue weighted by molar-refractivity contribution is 0.174. The van der Waals surface area contributed by atoms with Crippen LogP contribution in [-0.2, 0) is 0 Å². The number of nitrogens with one attached hydrogen (secondary N) is 1. The maximum atomic E-state index is 5.76. The van der Waals surface area contributed by atoms with Gasteiger partial charge in [-0.3, -0.25) is 0 Å². The molecule has 0 fully saturated rings. The fourth-order valence-corrected chi connectivity index (χ4v) is 1.78. The van der Waals surface area contributed by atoms with E-state index in [0.717, 1.165) is 28.6 Å². The fourth-order valence-electron chi connectivity index (χ4n) is 1.78. The van der Waals surface area contributed by atoms with Gasteiger partial charge in [-0.25, -0.2) is 4.98 Å². The Bertz CT molecular complexity index is 548. The molecule has 0 saturated carbocycles. The molecule has 3 rings (SSSR count). The Morgan fingerprint density at radius 1 is 1.35 bits per heavy atom. The van der Waals surface area contributed by atoms with E-state index in [-0.39, 0.29) is 12.8 Å². The molecule has 0 bridgehead atoms. The first-order valence-electron chi connectivity index (χ1n) is 5.44. The number of aromatic nitrogens is 2. The molecule has 2 heterocycles. The van der Waals surface area contributed by atoms with Crippen molar-refractivity contribution in [1.82, 2.24) is 9.97 Å². The quantitative estimate of drug-likeness (QED) is 0.826. The molecule has 1 atom stereocenters. The first kappa shape index (κ1) is 10.2. The number of fused-ring (bicyclic) bond motifs is 1. The number of imidazole rings is 1. The molecule has 0 radical (unpaired) electrons. The zero-order valence-corrected chi connectivity index (χ0v) is 9.43. The predicted molar refractivity (Wildman–Crippen MR) is 62.7 cm³/mol. The maximum absolute atomic E-state index is 5.76. The van der Waals surface area contributed by atoms with Gasteiger partial charge in [0, 0.05) is 5.56 Å². The van der Waals surface area contributed by atoms with Gasteiger partial charge in [0.1, 0.15) is 5.82 Å². The summed E-state index contributed by atoms with van der Waals surface area (Å²) >= 11 is 0. The van der Waals surface area contributed by atoms with E-state index in [1.165, 1.54) is 0 Å². The van der Waals surface area contributed by atoms with E-state index in [1.54, 1.807) is 6.20 Å². The first-order valence-corrected chi connectivity index (χ1v) is 5.44. The van der Waals surface area contributed by atoms with Gasteiger partial charge >= 0.3 is 0 Å². The summed E-state index contributed by atoms with van der Waals surface area (Å²) in [5.41, 5.74) is 7.69. The van der Waals surface area contributed by atoms with Crippen LogP contribution < -0.4 is 15.2 Å². The number of nitrogens with two attached hydrogens (primary N) is 1. The van der Waals surface area contributed by atoms with Crippen LogP contribution in [0, 0.1) is 0 Å². The van der Waals surface area contributed by atoms with E-state index in [9.17, 15) is 0 Å². The Balaban J connectivity index is 1.97. The van der Waals surface area contributed by atoms with E-state index >= 15 is 0 Å². The molecular formula is C12H13N3O2. The number of hydrogen-bond acceptors (Lipinski definition) is 4. The Hall–Kier alpha value is -2.01. The van der Waals surface area contributed by atoms with Crippen LogP contribution in [0.1, 0.15) is 18.8 Å². The van der Waals surface area contributed by atoms with Crippen LogP contribution in [0.15, 0.2) is 24.4 Å². The minimum absolute atomic E-state index is 0.0993. The summed E-state index contributed by atoms with van der Waals surface area (Å²) in [6, 6.07) is 5.69. The SMILES string of the molecule is C[C@H](N)c1ncc(-c2ccc3c(c2)OCO3)[nH]1. The Morgan fingerprint density at radius 3 is 2.94 bits per heavy atom. The highest BCUT2D eigenvalue weighted by Crippen LogP contribution is 2.35.